The number of carbonyl (C=O) groups excluding carboxylic acids is 1. The average Bonchev–Trinajstić information content (AvgIpc) is 2.37. The minimum atomic E-state index is -3.45. The van der Waals surface area contributed by atoms with Crippen LogP contribution in [0.4, 0.5) is 4.79 Å². The van der Waals surface area contributed by atoms with Crippen LogP contribution in [0, 0.1) is 0 Å². The van der Waals surface area contributed by atoms with E-state index in [0.717, 1.165) is 0 Å². The summed E-state index contributed by atoms with van der Waals surface area (Å²) in [4.78, 5) is 11.2. The topological polar surface area (TPSA) is 69.7 Å². The van der Waals surface area contributed by atoms with Gasteiger partial charge in [0.25, 0.3) is 0 Å². The van der Waals surface area contributed by atoms with Gasteiger partial charge in [0.05, 0.1) is 17.3 Å². The molecule has 0 aliphatic carbocycles. The minimum Gasteiger partial charge on any atom is -0.435 e. The summed E-state index contributed by atoms with van der Waals surface area (Å²) in [6, 6.07) is 8.04. The van der Waals surface area contributed by atoms with Crippen molar-refractivity contribution in [3.8, 4) is 0 Å². The van der Waals surface area contributed by atoms with E-state index in [-0.39, 0.29) is 29.4 Å². The third-order valence-corrected chi connectivity index (χ3v) is 3.93. The number of carbonyl (C=O) groups is 1. The molecular formula is C13H16O5S. The van der Waals surface area contributed by atoms with Gasteiger partial charge >= 0.3 is 6.16 Å². The van der Waals surface area contributed by atoms with Crippen molar-refractivity contribution in [3.05, 3.63) is 42.5 Å². The number of hydrogen-bond acceptors (Lipinski definition) is 5. The molecule has 0 spiro atoms. The lowest BCUT2D eigenvalue weighted by Crippen LogP contribution is -2.15. The fraction of sp³-hybridized carbons (Fsp3) is 0.308. The third kappa shape index (κ3) is 5.13. The van der Waals surface area contributed by atoms with Crippen molar-refractivity contribution in [2.45, 2.75) is 11.8 Å². The Morgan fingerprint density at radius 2 is 1.84 bits per heavy atom. The first kappa shape index (κ1) is 15.2. The summed E-state index contributed by atoms with van der Waals surface area (Å²) in [6.45, 7) is 5.26. The van der Waals surface area contributed by atoms with E-state index in [2.05, 4.69) is 11.3 Å². The second-order valence-corrected chi connectivity index (χ2v) is 5.78. The van der Waals surface area contributed by atoms with E-state index < -0.39 is 16.0 Å². The molecule has 0 aliphatic rings. The van der Waals surface area contributed by atoms with Crippen molar-refractivity contribution >= 4 is 16.0 Å². The van der Waals surface area contributed by atoms with Crippen molar-refractivity contribution in [2.24, 2.45) is 0 Å². The highest BCUT2D eigenvalue weighted by Gasteiger charge is 2.16. The Kier molecular flexibility index (Phi) is 5.57. The summed E-state index contributed by atoms with van der Waals surface area (Å²) in [5.41, 5.74) is 0.289. The van der Waals surface area contributed by atoms with E-state index in [1.54, 1.807) is 25.1 Å². The van der Waals surface area contributed by atoms with Crippen LogP contribution in [-0.2, 0) is 19.3 Å². The molecule has 0 saturated heterocycles. The van der Waals surface area contributed by atoms with E-state index in [0.29, 0.717) is 0 Å². The third-order valence-electron chi connectivity index (χ3n) is 2.15. The Labute approximate surface area is 112 Å². The predicted octanol–water partition coefficient (Wildman–Crippen LogP) is 2.19. The van der Waals surface area contributed by atoms with Crippen LogP contribution in [0.5, 0.6) is 0 Å². The molecule has 0 bridgehead atoms. The van der Waals surface area contributed by atoms with Gasteiger partial charge in [0.2, 0.25) is 0 Å². The Morgan fingerprint density at radius 1 is 1.21 bits per heavy atom. The molecule has 0 amide bonds. The van der Waals surface area contributed by atoms with E-state index in [1.165, 1.54) is 12.1 Å². The maximum atomic E-state index is 12.0. The summed E-state index contributed by atoms with van der Waals surface area (Å²) < 4.78 is 33.2. The van der Waals surface area contributed by atoms with Gasteiger partial charge in [-0.15, -0.1) is 0 Å². The Balaban J connectivity index is 2.55. The Hall–Kier alpha value is -1.82. The monoisotopic (exact) mass is 284 g/mol. The number of benzene rings is 1. The average molecular weight is 284 g/mol. The van der Waals surface area contributed by atoms with Crippen molar-refractivity contribution in [1.29, 1.82) is 0 Å². The normalized spacial score (nSPS) is 10.8. The van der Waals surface area contributed by atoms with Gasteiger partial charge in [-0.2, -0.15) is 0 Å². The highest BCUT2D eigenvalue weighted by atomic mass is 32.2. The molecule has 0 radical (unpaired) electrons. The lowest BCUT2D eigenvalue weighted by molar-refractivity contribution is 0.0657. The molecule has 0 unspecified atom stereocenters. The van der Waals surface area contributed by atoms with E-state index in [9.17, 15) is 13.2 Å². The van der Waals surface area contributed by atoms with Gasteiger partial charge in [0.15, 0.2) is 9.84 Å². The number of sulfone groups is 1. The molecule has 0 aliphatic heterocycles. The highest BCUT2D eigenvalue weighted by Crippen LogP contribution is 2.13. The molecule has 5 nitrogen and oxygen atoms in total. The summed E-state index contributed by atoms with van der Waals surface area (Å²) in [5.74, 6) is -0.267. The summed E-state index contributed by atoms with van der Waals surface area (Å²) in [6.07, 6.45) is -0.833. The van der Waals surface area contributed by atoms with Gasteiger partial charge in [0.1, 0.15) is 6.61 Å². The van der Waals surface area contributed by atoms with E-state index in [4.69, 9.17) is 4.74 Å². The molecule has 6 heteroatoms. The molecule has 0 heterocycles. The number of hydrogen-bond donors (Lipinski definition) is 0. The molecule has 0 atom stereocenters. The van der Waals surface area contributed by atoms with Crippen LogP contribution in [-0.4, -0.2) is 33.5 Å². The number of ether oxygens (including phenoxy) is 2. The quantitative estimate of drug-likeness (QED) is 0.591. The maximum absolute atomic E-state index is 12.0. The van der Waals surface area contributed by atoms with E-state index >= 15 is 0 Å². The maximum Gasteiger partial charge on any atom is 0.508 e. The zero-order valence-corrected chi connectivity index (χ0v) is 11.5. The van der Waals surface area contributed by atoms with Crippen LogP contribution in [0.15, 0.2) is 47.4 Å². The van der Waals surface area contributed by atoms with E-state index in [1.807, 2.05) is 0 Å². The molecular weight excluding hydrogens is 268 g/mol. The fourth-order valence-electron chi connectivity index (χ4n) is 1.34. The molecule has 0 aromatic heterocycles. The first-order valence-electron chi connectivity index (χ1n) is 5.69. The standard InChI is InChI=1S/C13H16O5S/c1-3-17-13(14)18-9-11(2)10-19(15,16)12-7-5-4-6-8-12/h4-8H,2-3,9-10H2,1H3. The van der Waals surface area contributed by atoms with Crippen molar-refractivity contribution in [1.82, 2.24) is 0 Å². The molecule has 1 rings (SSSR count). The summed E-state index contributed by atoms with van der Waals surface area (Å²) >= 11 is 0. The first-order valence-corrected chi connectivity index (χ1v) is 7.35. The molecule has 0 saturated carbocycles. The van der Waals surface area contributed by atoms with Gasteiger partial charge in [-0.05, 0) is 24.6 Å². The number of rotatable bonds is 6. The largest absolute Gasteiger partial charge is 0.508 e. The fourth-order valence-corrected chi connectivity index (χ4v) is 2.70. The highest BCUT2D eigenvalue weighted by molar-refractivity contribution is 7.91. The molecule has 104 valence electrons. The van der Waals surface area contributed by atoms with Gasteiger partial charge in [-0.1, -0.05) is 24.8 Å². The summed E-state index contributed by atoms with van der Waals surface area (Å²) in [7, 11) is -3.45. The first-order chi connectivity index (χ1) is 8.95. The zero-order chi connectivity index (χ0) is 14.3. The molecule has 0 N–H and O–H groups in total. The molecule has 1 aromatic carbocycles. The van der Waals surface area contributed by atoms with Crippen LogP contribution < -0.4 is 0 Å². The van der Waals surface area contributed by atoms with Crippen LogP contribution in [0.25, 0.3) is 0 Å². The van der Waals surface area contributed by atoms with Crippen molar-refractivity contribution in [2.75, 3.05) is 19.0 Å². The predicted molar refractivity (Wildman–Crippen MR) is 70.6 cm³/mol. The SMILES string of the molecule is C=C(COC(=O)OCC)CS(=O)(=O)c1ccccc1. The Bertz CT molecular complexity index is 533. The molecule has 1 aromatic rings. The van der Waals surface area contributed by atoms with Crippen molar-refractivity contribution < 1.29 is 22.7 Å². The van der Waals surface area contributed by atoms with Gasteiger partial charge in [-0.3, -0.25) is 0 Å². The second-order valence-electron chi connectivity index (χ2n) is 3.79. The van der Waals surface area contributed by atoms with Crippen molar-refractivity contribution in [3.63, 3.8) is 0 Å². The smallest absolute Gasteiger partial charge is 0.435 e. The second kappa shape index (κ2) is 6.94. The van der Waals surface area contributed by atoms with Gasteiger partial charge in [-0.25, -0.2) is 13.2 Å². The lowest BCUT2D eigenvalue weighted by Gasteiger charge is -2.08. The zero-order valence-electron chi connectivity index (χ0n) is 10.7. The van der Waals surface area contributed by atoms with Crippen LogP contribution in [0.1, 0.15) is 6.92 Å². The molecule has 19 heavy (non-hydrogen) atoms. The van der Waals surface area contributed by atoms with Crippen LogP contribution in [0.3, 0.4) is 0 Å². The molecule has 0 fully saturated rings. The lowest BCUT2D eigenvalue weighted by atomic mass is 10.4. The Morgan fingerprint density at radius 3 is 2.42 bits per heavy atom. The van der Waals surface area contributed by atoms with Gasteiger partial charge in [0, 0.05) is 0 Å². The minimum absolute atomic E-state index is 0.176. The summed E-state index contributed by atoms with van der Waals surface area (Å²) in [5, 5.41) is 0. The van der Waals surface area contributed by atoms with Crippen LogP contribution in [0.2, 0.25) is 0 Å². The van der Waals surface area contributed by atoms with Gasteiger partial charge < -0.3 is 9.47 Å². The van der Waals surface area contributed by atoms with Crippen LogP contribution >= 0.6 is 0 Å².